The van der Waals surface area contributed by atoms with E-state index in [0.717, 1.165) is 38.5 Å². The van der Waals surface area contributed by atoms with Crippen LogP contribution in [-0.2, 0) is 18.4 Å². The van der Waals surface area contributed by atoms with Crippen molar-refractivity contribution in [3.05, 3.63) is 24.3 Å². The van der Waals surface area contributed by atoms with E-state index in [1.807, 2.05) is 27.2 Å². The molecule has 0 aromatic rings. The molecule has 0 aromatic heterocycles. The number of amides is 1. The summed E-state index contributed by atoms with van der Waals surface area (Å²) in [7, 11) is 1.56. The van der Waals surface area contributed by atoms with Crippen molar-refractivity contribution in [1.82, 2.24) is 5.32 Å². The Morgan fingerprint density at radius 2 is 0.932 bits per heavy atom. The number of likely N-dealkylation sites (N-methyl/N-ethyl adjacent to an activating group) is 1. The third-order valence-electron chi connectivity index (χ3n) is 11.4. The minimum atomic E-state index is -4.34. The molecule has 3 unspecified atom stereocenters. The fourth-order valence-electron chi connectivity index (χ4n) is 7.41. The van der Waals surface area contributed by atoms with Crippen LogP contribution in [0, 0.1) is 0 Å². The van der Waals surface area contributed by atoms with Crippen LogP contribution in [0.15, 0.2) is 24.3 Å². The first-order valence-corrected chi connectivity index (χ1v) is 26.7. The molecule has 0 saturated heterocycles. The largest absolute Gasteiger partial charge is 0.472 e. The molecule has 0 aromatic carbocycles. The van der Waals surface area contributed by atoms with Crippen LogP contribution in [-0.4, -0.2) is 73.4 Å². The van der Waals surface area contributed by atoms with Gasteiger partial charge < -0.3 is 19.8 Å². The quantitative estimate of drug-likeness (QED) is 0.0244. The van der Waals surface area contributed by atoms with Gasteiger partial charge in [0.15, 0.2) is 0 Å². The van der Waals surface area contributed by atoms with Gasteiger partial charge in [0.05, 0.1) is 39.9 Å². The van der Waals surface area contributed by atoms with Crippen LogP contribution in [0.4, 0.5) is 0 Å². The number of aliphatic hydroxyl groups is 1. The molecule has 0 rings (SSSR count). The molecule has 0 heterocycles. The molecule has 0 bridgehead atoms. The zero-order valence-corrected chi connectivity index (χ0v) is 40.7. The van der Waals surface area contributed by atoms with E-state index >= 15 is 0 Å². The molecule has 8 nitrogen and oxygen atoms in total. The van der Waals surface area contributed by atoms with Gasteiger partial charge in [0.2, 0.25) is 5.91 Å². The first kappa shape index (κ1) is 58.0. The molecule has 0 spiro atoms. The maximum Gasteiger partial charge on any atom is 0.472 e. The van der Waals surface area contributed by atoms with Gasteiger partial charge in [0.1, 0.15) is 13.2 Å². The smallest absolute Gasteiger partial charge is 0.387 e. The highest BCUT2D eigenvalue weighted by molar-refractivity contribution is 7.47. The van der Waals surface area contributed by atoms with Crippen molar-refractivity contribution in [2.75, 3.05) is 40.9 Å². The number of allylic oxidation sites excluding steroid dienone is 3. The third-order valence-corrected chi connectivity index (χ3v) is 12.4. The first-order chi connectivity index (χ1) is 28.5. The Morgan fingerprint density at radius 1 is 0.559 bits per heavy atom. The maximum atomic E-state index is 12.9. The summed E-state index contributed by atoms with van der Waals surface area (Å²) in [5, 5.41) is 13.8. The van der Waals surface area contributed by atoms with Crippen molar-refractivity contribution < 1.29 is 32.9 Å². The molecular weight excluding hydrogens is 756 g/mol. The Bertz CT molecular complexity index is 1020. The summed E-state index contributed by atoms with van der Waals surface area (Å²) in [5.41, 5.74) is 0. The molecule has 3 atom stereocenters. The van der Waals surface area contributed by atoms with Crippen molar-refractivity contribution in [3.63, 3.8) is 0 Å². The van der Waals surface area contributed by atoms with Gasteiger partial charge in [0, 0.05) is 6.42 Å². The lowest BCUT2D eigenvalue weighted by Gasteiger charge is -2.25. The van der Waals surface area contributed by atoms with Crippen LogP contribution in [0.25, 0.3) is 0 Å². The van der Waals surface area contributed by atoms with Gasteiger partial charge in [0.25, 0.3) is 0 Å². The summed E-state index contributed by atoms with van der Waals surface area (Å²) in [6.45, 7) is 4.77. The van der Waals surface area contributed by atoms with Crippen LogP contribution in [0.2, 0.25) is 0 Å². The van der Waals surface area contributed by atoms with E-state index in [-0.39, 0.29) is 19.1 Å². The maximum absolute atomic E-state index is 12.9. The van der Waals surface area contributed by atoms with Crippen LogP contribution < -0.4 is 5.32 Å². The summed E-state index contributed by atoms with van der Waals surface area (Å²) >= 11 is 0. The molecule has 0 aliphatic heterocycles. The number of unbranched alkanes of at least 4 members (excludes halogenated alkanes) is 31. The standard InChI is InChI=1S/C50H99N2O6P/c1-6-8-10-12-14-16-18-19-20-21-22-23-24-25-26-27-28-29-30-31-32-33-34-36-38-40-42-44-50(54)51-48(47-58-59(55,56)57-46-45-52(3,4)5)49(53)43-41-39-37-35-17-15-13-11-9-7-2/h17,35,41,43,48-49,53H,6-16,18-34,36-40,42,44-47H2,1-5H3,(H-,51,54,55,56)/p+1/b35-17+,43-41+. The Morgan fingerprint density at radius 3 is 1.36 bits per heavy atom. The Labute approximate surface area is 366 Å². The van der Waals surface area contributed by atoms with E-state index in [2.05, 4.69) is 31.3 Å². The highest BCUT2D eigenvalue weighted by Crippen LogP contribution is 2.43. The molecule has 3 N–H and O–H groups in total. The zero-order valence-electron chi connectivity index (χ0n) is 39.8. The highest BCUT2D eigenvalue weighted by atomic mass is 31.2. The summed E-state index contributed by atoms with van der Waals surface area (Å²) < 4.78 is 23.5. The molecule has 350 valence electrons. The average Bonchev–Trinajstić information content (AvgIpc) is 3.19. The van der Waals surface area contributed by atoms with E-state index < -0.39 is 20.0 Å². The number of quaternary nitrogens is 1. The number of phosphoric acid groups is 1. The van der Waals surface area contributed by atoms with Gasteiger partial charge in [-0.1, -0.05) is 224 Å². The van der Waals surface area contributed by atoms with Crippen LogP contribution in [0.5, 0.6) is 0 Å². The summed E-state index contributed by atoms with van der Waals surface area (Å²) in [6.07, 6.45) is 51.4. The zero-order chi connectivity index (χ0) is 43.6. The Balaban J connectivity index is 4.06. The second-order valence-corrected chi connectivity index (χ2v) is 20.0. The molecule has 9 heteroatoms. The van der Waals surface area contributed by atoms with Crippen molar-refractivity contribution in [3.8, 4) is 0 Å². The lowest BCUT2D eigenvalue weighted by molar-refractivity contribution is -0.870. The Kier molecular flexibility index (Phi) is 41.6. The number of carbonyl (C=O) groups excluding carboxylic acids is 1. The van der Waals surface area contributed by atoms with Gasteiger partial charge in [-0.2, -0.15) is 0 Å². The molecule has 59 heavy (non-hydrogen) atoms. The lowest BCUT2D eigenvalue weighted by Crippen LogP contribution is -2.45. The number of hydrogen-bond donors (Lipinski definition) is 3. The number of carbonyl (C=O) groups is 1. The number of hydrogen-bond acceptors (Lipinski definition) is 5. The van der Waals surface area contributed by atoms with E-state index in [4.69, 9.17) is 9.05 Å². The van der Waals surface area contributed by atoms with Crippen molar-refractivity contribution in [2.45, 2.75) is 251 Å². The van der Waals surface area contributed by atoms with Gasteiger partial charge in [-0.3, -0.25) is 13.8 Å². The molecule has 0 aliphatic carbocycles. The fraction of sp³-hybridized carbons (Fsp3) is 0.900. The average molecular weight is 856 g/mol. The molecule has 0 saturated carbocycles. The van der Waals surface area contributed by atoms with Gasteiger partial charge in [-0.15, -0.1) is 0 Å². The van der Waals surface area contributed by atoms with E-state index in [1.54, 1.807) is 6.08 Å². The van der Waals surface area contributed by atoms with Crippen LogP contribution in [0.1, 0.15) is 239 Å². The van der Waals surface area contributed by atoms with Crippen LogP contribution in [0.3, 0.4) is 0 Å². The number of nitrogens with one attached hydrogen (secondary N) is 1. The lowest BCUT2D eigenvalue weighted by atomic mass is 10.0. The molecule has 1 amide bonds. The predicted molar refractivity (Wildman–Crippen MR) is 254 cm³/mol. The van der Waals surface area contributed by atoms with Gasteiger partial charge in [-0.05, 0) is 32.1 Å². The topological polar surface area (TPSA) is 105 Å². The Hall–Kier alpha value is -1.02. The minimum Gasteiger partial charge on any atom is -0.387 e. The summed E-state index contributed by atoms with van der Waals surface area (Å²) in [4.78, 5) is 23.1. The predicted octanol–water partition coefficient (Wildman–Crippen LogP) is 14.5. The molecule has 0 aliphatic rings. The van der Waals surface area contributed by atoms with Crippen molar-refractivity contribution in [1.29, 1.82) is 0 Å². The minimum absolute atomic E-state index is 0.0580. The SMILES string of the molecule is CCCCCC/C=C/CC/C=C/C(O)C(COP(=O)(O)OCC[N+](C)(C)C)NC(=O)CCCCCCCCCCCCCCCCCCCCCCCCCCCCC. The van der Waals surface area contributed by atoms with E-state index in [1.165, 1.54) is 180 Å². The second kappa shape index (κ2) is 42.3. The highest BCUT2D eigenvalue weighted by Gasteiger charge is 2.27. The van der Waals surface area contributed by atoms with Gasteiger partial charge in [-0.25, -0.2) is 4.57 Å². The number of rotatable bonds is 46. The molecule has 0 radical (unpaired) electrons. The summed E-state index contributed by atoms with van der Waals surface area (Å²) in [6, 6.07) is -0.857. The van der Waals surface area contributed by atoms with Crippen molar-refractivity contribution >= 4 is 13.7 Å². The normalized spacial score (nSPS) is 14.4. The molecular formula is C50H100N2O6P+. The third kappa shape index (κ3) is 44.8. The molecule has 0 fully saturated rings. The second-order valence-electron chi connectivity index (χ2n) is 18.5. The summed E-state index contributed by atoms with van der Waals surface area (Å²) in [5.74, 6) is -0.185. The van der Waals surface area contributed by atoms with Crippen LogP contribution >= 0.6 is 7.82 Å². The number of nitrogens with zero attached hydrogens (tertiary/aromatic N) is 1. The van der Waals surface area contributed by atoms with Gasteiger partial charge >= 0.3 is 7.82 Å². The monoisotopic (exact) mass is 856 g/mol. The fourth-order valence-corrected chi connectivity index (χ4v) is 8.15. The van der Waals surface area contributed by atoms with E-state index in [9.17, 15) is 19.4 Å². The number of phosphoric ester groups is 1. The first-order valence-electron chi connectivity index (χ1n) is 25.2. The van der Waals surface area contributed by atoms with Crippen molar-refractivity contribution in [2.24, 2.45) is 0 Å². The number of aliphatic hydroxyl groups excluding tert-OH is 1. The van der Waals surface area contributed by atoms with E-state index in [0.29, 0.717) is 17.4 Å².